The summed E-state index contributed by atoms with van der Waals surface area (Å²) in [5.74, 6) is -0.367. The Hall–Kier alpha value is -3.50. The Bertz CT molecular complexity index is 1220. The maximum Gasteiger partial charge on any atom is 0.337 e. The minimum absolute atomic E-state index is 0.0369. The number of hydrogen-bond donors (Lipinski definition) is 2. The van der Waals surface area contributed by atoms with Crippen molar-refractivity contribution in [2.24, 2.45) is 5.34 Å². The Kier molecular flexibility index (Phi) is 8.55. The number of nitrogens with zero attached hydrogens (tertiary/aromatic N) is 2. The average molecular weight is 550 g/mol. The number of aldehydes is 1. The van der Waals surface area contributed by atoms with Gasteiger partial charge in [0.25, 0.3) is 0 Å². The zero-order chi connectivity index (χ0) is 24.7. The van der Waals surface area contributed by atoms with E-state index in [9.17, 15) is 9.59 Å². The molecule has 1 atom stereocenters. The summed E-state index contributed by atoms with van der Waals surface area (Å²) in [7, 11) is 0. The van der Waals surface area contributed by atoms with Crippen molar-refractivity contribution in [1.82, 2.24) is 4.98 Å². The van der Waals surface area contributed by atoms with E-state index in [1.54, 1.807) is 6.07 Å². The predicted molar refractivity (Wildman–Crippen MR) is 126 cm³/mol. The van der Waals surface area contributed by atoms with Gasteiger partial charge >= 0.3 is 5.97 Å². The lowest BCUT2D eigenvalue weighted by atomic mass is 10.1. The molecule has 3 aromatic rings. The number of aromatic nitrogens is 1. The van der Waals surface area contributed by atoms with Gasteiger partial charge in [-0.3, -0.25) is 9.78 Å². The predicted octanol–water partition coefficient (Wildman–Crippen LogP) is 5.80. The van der Waals surface area contributed by atoms with Crippen LogP contribution in [0.2, 0.25) is 5.02 Å². The van der Waals surface area contributed by atoms with Gasteiger partial charge in [-0.15, -0.1) is 4.91 Å². The molecule has 0 radical (unpaired) electrons. The minimum Gasteiger partial charge on any atom is -0.488 e. The molecule has 2 N–H and O–H groups in total. The van der Waals surface area contributed by atoms with Gasteiger partial charge in [0, 0.05) is 28.5 Å². The van der Waals surface area contributed by atoms with Crippen LogP contribution in [0.5, 0.6) is 11.5 Å². The third-order valence-corrected chi connectivity index (χ3v) is 6.09. The molecule has 1 heterocycles. The van der Waals surface area contributed by atoms with Gasteiger partial charge in [0.2, 0.25) is 0 Å². The van der Waals surface area contributed by atoms with Crippen molar-refractivity contribution in [3.63, 3.8) is 0 Å². The molecule has 0 saturated heterocycles. The van der Waals surface area contributed by atoms with Crippen LogP contribution < -0.4 is 9.47 Å². The van der Waals surface area contributed by atoms with Crippen LogP contribution >= 0.6 is 27.5 Å². The van der Waals surface area contributed by atoms with Gasteiger partial charge in [-0.1, -0.05) is 39.7 Å². The molecule has 0 aliphatic heterocycles. The van der Waals surface area contributed by atoms with Gasteiger partial charge in [-0.25, -0.2) is 4.79 Å². The largest absolute Gasteiger partial charge is 0.488 e. The molecular formula is C23H18BrClN2O7. The first kappa shape index (κ1) is 25.1. The van der Waals surface area contributed by atoms with Crippen LogP contribution in [-0.2, 0) is 13.0 Å². The number of carboxylic acids is 1. The molecule has 1 aromatic heterocycles. The second kappa shape index (κ2) is 11.6. The van der Waals surface area contributed by atoms with Crippen LogP contribution in [0.1, 0.15) is 49.9 Å². The van der Waals surface area contributed by atoms with Crippen molar-refractivity contribution in [3.8, 4) is 11.5 Å². The molecule has 0 saturated carbocycles. The summed E-state index contributed by atoms with van der Waals surface area (Å²) < 4.78 is 13.0. The number of rotatable bonds is 7. The molecule has 1 aliphatic rings. The van der Waals surface area contributed by atoms with E-state index in [4.69, 9.17) is 36.3 Å². The van der Waals surface area contributed by atoms with Gasteiger partial charge in [0.15, 0.2) is 11.6 Å². The van der Waals surface area contributed by atoms with Crippen LogP contribution in [0.3, 0.4) is 0 Å². The van der Waals surface area contributed by atoms with E-state index in [-0.39, 0.29) is 23.8 Å². The van der Waals surface area contributed by atoms with Crippen molar-refractivity contribution >= 4 is 39.8 Å². The lowest BCUT2D eigenvalue weighted by Crippen LogP contribution is -2.06. The molecule has 0 fully saturated rings. The lowest BCUT2D eigenvalue weighted by molar-refractivity contribution is 0.0696. The number of benzene rings is 2. The first-order valence-corrected chi connectivity index (χ1v) is 11.0. The highest BCUT2D eigenvalue weighted by Crippen LogP contribution is 2.41. The van der Waals surface area contributed by atoms with Crippen molar-refractivity contribution in [2.45, 2.75) is 25.6 Å². The molecule has 1 aliphatic carbocycles. The van der Waals surface area contributed by atoms with E-state index in [0.717, 1.165) is 22.9 Å². The number of halogens is 2. The fourth-order valence-electron chi connectivity index (χ4n) is 3.55. The normalized spacial score (nSPS) is 13.8. The molecule has 11 heteroatoms. The lowest BCUT2D eigenvalue weighted by Gasteiger charge is -2.18. The Morgan fingerprint density at radius 2 is 2.03 bits per heavy atom. The number of aromatic carboxylic acids is 1. The van der Waals surface area contributed by atoms with E-state index in [0.29, 0.717) is 28.4 Å². The van der Waals surface area contributed by atoms with Crippen molar-refractivity contribution < 1.29 is 29.4 Å². The topological polar surface area (TPSA) is 135 Å². The van der Waals surface area contributed by atoms with Crippen LogP contribution in [0.25, 0.3) is 0 Å². The Labute approximate surface area is 207 Å². The molecule has 2 aromatic carbocycles. The number of pyridine rings is 1. The summed E-state index contributed by atoms with van der Waals surface area (Å²) in [5.41, 5.74) is 3.21. The van der Waals surface area contributed by atoms with Gasteiger partial charge in [0.1, 0.15) is 24.2 Å². The number of carbonyl (C=O) groups excluding carboxylic acids is 1. The van der Waals surface area contributed by atoms with Gasteiger partial charge in [-0.05, 0) is 42.2 Å². The van der Waals surface area contributed by atoms with Crippen molar-refractivity contribution in [3.05, 3.63) is 91.0 Å². The summed E-state index contributed by atoms with van der Waals surface area (Å²) in [6.07, 6.45) is 4.97. The Morgan fingerprint density at radius 3 is 2.74 bits per heavy atom. The molecule has 0 amide bonds. The molecule has 0 spiro atoms. The van der Waals surface area contributed by atoms with E-state index in [1.165, 1.54) is 35.4 Å². The number of carbonyl (C=O) groups is 2. The number of ether oxygens (including phenoxy) is 2. The average Bonchev–Trinajstić information content (AvgIpc) is 3.24. The maximum atomic E-state index is 11.5. The van der Waals surface area contributed by atoms with Crippen molar-refractivity contribution in [2.75, 3.05) is 0 Å². The molecular weight excluding hydrogens is 532 g/mol. The standard InChI is InChI=1S/C23H17BrClNO5.HNO2/c24-18-3-1-2-17-16(18)4-5-20(17)31-22-8-21(15(11-27)7-19(22)25)30-12-13-6-14(23(28)29)10-26-9-13;2-1-3/h1-3,6-11,20H,4-5,12H2,(H,28,29);(H,2,3). The summed E-state index contributed by atoms with van der Waals surface area (Å²) >= 11 is 9.95. The van der Waals surface area contributed by atoms with Crippen LogP contribution in [-0.4, -0.2) is 27.6 Å². The molecule has 176 valence electrons. The second-order valence-electron chi connectivity index (χ2n) is 7.15. The smallest absolute Gasteiger partial charge is 0.337 e. The summed E-state index contributed by atoms with van der Waals surface area (Å²) in [6.45, 7) is 0.0369. The molecule has 4 rings (SSSR count). The molecule has 34 heavy (non-hydrogen) atoms. The minimum atomic E-state index is -1.08. The zero-order valence-corrected chi connectivity index (χ0v) is 19.8. The first-order chi connectivity index (χ1) is 16.4. The zero-order valence-electron chi connectivity index (χ0n) is 17.5. The fraction of sp³-hybridized carbons (Fsp3) is 0.174. The summed E-state index contributed by atoms with van der Waals surface area (Å²) in [6, 6.07) is 10.6. The number of carboxylic acid groups (broad SMARTS) is 1. The van der Waals surface area contributed by atoms with Crippen molar-refractivity contribution in [1.29, 1.82) is 0 Å². The van der Waals surface area contributed by atoms with Gasteiger partial charge in [-0.2, -0.15) is 0 Å². The molecule has 1 unspecified atom stereocenters. The second-order valence-corrected chi connectivity index (χ2v) is 8.41. The van der Waals surface area contributed by atoms with E-state index >= 15 is 0 Å². The third-order valence-electron chi connectivity index (χ3n) is 5.06. The monoisotopic (exact) mass is 548 g/mol. The summed E-state index contributed by atoms with van der Waals surface area (Å²) in [4.78, 5) is 34.7. The van der Waals surface area contributed by atoms with E-state index in [1.807, 2.05) is 18.2 Å². The fourth-order valence-corrected chi connectivity index (χ4v) is 4.35. The van der Waals surface area contributed by atoms with E-state index < -0.39 is 5.97 Å². The highest BCUT2D eigenvalue weighted by Gasteiger charge is 2.26. The van der Waals surface area contributed by atoms with Gasteiger partial charge < -0.3 is 19.8 Å². The number of fused-ring (bicyclic) bond motifs is 1. The van der Waals surface area contributed by atoms with Crippen LogP contribution in [0.15, 0.2) is 58.6 Å². The Morgan fingerprint density at radius 1 is 1.26 bits per heavy atom. The Balaban J connectivity index is 0.00000103. The quantitative estimate of drug-likeness (QED) is 0.215. The van der Waals surface area contributed by atoms with Crippen LogP contribution in [0.4, 0.5) is 0 Å². The summed E-state index contributed by atoms with van der Waals surface area (Å²) in [5, 5.41) is 17.3. The SMILES string of the molecule is O=Cc1cc(Cl)c(OC2CCc3c(Br)cccc32)cc1OCc1cncc(C(=O)O)c1.O=NO. The van der Waals surface area contributed by atoms with Gasteiger partial charge in [0.05, 0.1) is 16.1 Å². The molecule has 9 nitrogen and oxygen atoms in total. The molecule has 0 bridgehead atoms. The highest BCUT2D eigenvalue weighted by atomic mass is 79.9. The number of hydrogen-bond acceptors (Lipinski definition) is 7. The van der Waals surface area contributed by atoms with E-state index in [2.05, 4.69) is 20.9 Å². The third kappa shape index (κ3) is 5.89. The first-order valence-electron chi connectivity index (χ1n) is 9.87. The highest BCUT2D eigenvalue weighted by molar-refractivity contribution is 9.10. The van der Waals surface area contributed by atoms with Crippen LogP contribution in [0, 0.1) is 4.91 Å². The maximum absolute atomic E-state index is 11.5.